The lowest BCUT2D eigenvalue weighted by molar-refractivity contribution is 0.322. The molecule has 0 heterocycles. The SMILES string of the molecule is C=Cc1ccc(OCCc2ccc3c(c2)C(C)(C)c2cc(-c4ccc5c(c4)C(C)(C)c4cc(C(=C)Oc6ccc(C=C)cc6)ccc4-5)ccc2-3)cc1. The van der Waals surface area contributed by atoms with Crippen molar-refractivity contribution in [1.82, 2.24) is 0 Å². The van der Waals surface area contributed by atoms with Crippen LogP contribution in [0.2, 0.25) is 0 Å². The van der Waals surface area contributed by atoms with E-state index in [2.05, 4.69) is 120 Å². The van der Waals surface area contributed by atoms with Crippen LogP contribution in [0.5, 0.6) is 11.5 Å². The summed E-state index contributed by atoms with van der Waals surface area (Å²) in [4.78, 5) is 0. The lowest BCUT2D eigenvalue weighted by atomic mass is 9.80. The zero-order chi connectivity index (χ0) is 36.2. The fourth-order valence-corrected chi connectivity index (χ4v) is 8.07. The lowest BCUT2D eigenvalue weighted by Gasteiger charge is -2.24. The van der Waals surface area contributed by atoms with E-state index in [4.69, 9.17) is 9.47 Å². The number of ether oxygens (including phenoxy) is 2. The van der Waals surface area contributed by atoms with E-state index in [1.165, 1.54) is 61.2 Å². The first-order valence-corrected chi connectivity index (χ1v) is 18.1. The molecular formula is C50H44O2. The average Bonchev–Trinajstić information content (AvgIpc) is 3.53. The smallest absolute Gasteiger partial charge is 0.127 e. The van der Waals surface area contributed by atoms with Crippen molar-refractivity contribution in [3.05, 3.63) is 186 Å². The van der Waals surface area contributed by atoms with Crippen LogP contribution in [0.15, 0.2) is 141 Å². The van der Waals surface area contributed by atoms with Gasteiger partial charge in [0.25, 0.3) is 0 Å². The van der Waals surface area contributed by atoms with Gasteiger partial charge in [0.15, 0.2) is 0 Å². The Bertz CT molecular complexity index is 2390. The largest absolute Gasteiger partial charge is 0.493 e. The minimum Gasteiger partial charge on any atom is -0.493 e. The standard InChI is InChI=1S/C50H44O2/c1-8-33-10-18-39(19-11-33)51-27-26-35-14-22-41-43-24-16-37(30-47(43)49(4,5)45(41)28-35)38-17-25-44-42-23-15-36(29-46(42)50(6,7)48(44)31-38)32(3)52-40-20-12-34(9-2)13-21-40/h8-25,28-31H,1-3,26-27H2,4-7H3. The van der Waals surface area contributed by atoms with Gasteiger partial charge in [-0.15, -0.1) is 0 Å². The molecule has 0 N–H and O–H groups in total. The maximum Gasteiger partial charge on any atom is 0.127 e. The highest BCUT2D eigenvalue weighted by atomic mass is 16.5. The molecule has 256 valence electrons. The Kier molecular flexibility index (Phi) is 8.15. The van der Waals surface area contributed by atoms with Crippen LogP contribution in [0.4, 0.5) is 0 Å². The van der Waals surface area contributed by atoms with Crippen molar-refractivity contribution in [3.63, 3.8) is 0 Å². The van der Waals surface area contributed by atoms with Gasteiger partial charge in [-0.1, -0.05) is 138 Å². The van der Waals surface area contributed by atoms with Gasteiger partial charge >= 0.3 is 0 Å². The van der Waals surface area contributed by atoms with E-state index in [0.29, 0.717) is 12.4 Å². The van der Waals surface area contributed by atoms with Crippen molar-refractivity contribution >= 4 is 17.9 Å². The topological polar surface area (TPSA) is 18.5 Å². The summed E-state index contributed by atoms with van der Waals surface area (Å²) >= 11 is 0. The Morgan fingerprint density at radius 2 is 1.00 bits per heavy atom. The first kappa shape index (κ1) is 33.3. The number of hydrogen-bond donors (Lipinski definition) is 0. The second-order valence-corrected chi connectivity index (χ2v) is 15.1. The molecule has 52 heavy (non-hydrogen) atoms. The molecule has 6 aromatic carbocycles. The molecule has 0 spiro atoms. The lowest BCUT2D eigenvalue weighted by Crippen LogP contribution is -2.16. The van der Waals surface area contributed by atoms with Crippen LogP contribution >= 0.6 is 0 Å². The second-order valence-electron chi connectivity index (χ2n) is 15.1. The fraction of sp³-hybridized carbons (Fsp3) is 0.160. The maximum absolute atomic E-state index is 6.17. The molecular weight excluding hydrogens is 633 g/mol. The third kappa shape index (κ3) is 5.69. The normalized spacial score (nSPS) is 14.1. The Morgan fingerprint density at radius 3 is 1.54 bits per heavy atom. The monoisotopic (exact) mass is 676 g/mol. The second kappa shape index (κ2) is 12.7. The summed E-state index contributed by atoms with van der Waals surface area (Å²) in [5.41, 5.74) is 17.2. The highest BCUT2D eigenvalue weighted by Crippen LogP contribution is 2.52. The zero-order valence-corrected chi connectivity index (χ0v) is 30.6. The summed E-state index contributed by atoms with van der Waals surface area (Å²) in [6.45, 7) is 22.0. The summed E-state index contributed by atoms with van der Waals surface area (Å²) < 4.78 is 12.2. The minimum absolute atomic E-state index is 0.112. The van der Waals surface area contributed by atoms with Crippen molar-refractivity contribution < 1.29 is 9.47 Å². The van der Waals surface area contributed by atoms with Crippen LogP contribution < -0.4 is 9.47 Å². The van der Waals surface area contributed by atoms with Gasteiger partial charge in [-0.25, -0.2) is 0 Å². The third-order valence-electron chi connectivity index (χ3n) is 11.2. The Balaban J connectivity index is 1.02. The Morgan fingerprint density at radius 1 is 0.538 bits per heavy atom. The molecule has 0 amide bonds. The van der Waals surface area contributed by atoms with Gasteiger partial charge in [0.1, 0.15) is 17.3 Å². The molecule has 0 saturated heterocycles. The van der Waals surface area contributed by atoms with Gasteiger partial charge in [0, 0.05) is 22.8 Å². The van der Waals surface area contributed by atoms with Crippen LogP contribution in [0.1, 0.15) is 72.2 Å². The summed E-state index contributed by atoms with van der Waals surface area (Å²) in [5.74, 6) is 2.29. The molecule has 0 bridgehead atoms. The van der Waals surface area contributed by atoms with Crippen molar-refractivity contribution in [2.24, 2.45) is 0 Å². The zero-order valence-electron chi connectivity index (χ0n) is 30.6. The average molecular weight is 677 g/mol. The molecule has 6 aromatic rings. The van der Waals surface area contributed by atoms with E-state index in [0.717, 1.165) is 34.6 Å². The van der Waals surface area contributed by atoms with Crippen molar-refractivity contribution in [1.29, 1.82) is 0 Å². The molecule has 0 aliphatic heterocycles. The van der Waals surface area contributed by atoms with Crippen LogP contribution in [0.3, 0.4) is 0 Å². The molecule has 0 atom stereocenters. The molecule has 8 rings (SSSR count). The predicted molar refractivity (Wildman–Crippen MR) is 219 cm³/mol. The van der Waals surface area contributed by atoms with Gasteiger partial charge in [-0.3, -0.25) is 0 Å². The number of fused-ring (bicyclic) bond motifs is 6. The van der Waals surface area contributed by atoms with E-state index >= 15 is 0 Å². The first-order valence-electron chi connectivity index (χ1n) is 18.1. The van der Waals surface area contributed by atoms with Crippen molar-refractivity contribution in [3.8, 4) is 44.9 Å². The summed E-state index contributed by atoms with van der Waals surface area (Å²) in [7, 11) is 0. The summed E-state index contributed by atoms with van der Waals surface area (Å²) in [6, 6.07) is 43.6. The minimum atomic E-state index is -0.177. The molecule has 2 nitrogen and oxygen atoms in total. The van der Waals surface area contributed by atoms with Crippen LogP contribution in [-0.2, 0) is 17.3 Å². The Hall–Kier alpha value is -5.86. The fourth-order valence-electron chi connectivity index (χ4n) is 8.07. The van der Waals surface area contributed by atoms with E-state index in [1.807, 2.05) is 60.7 Å². The predicted octanol–water partition coefficient (Wildman–Crippen LogP) is 12.9. The van der Waals surface area contributed by atoms with Gasteiger partial charge in [-0.05, 0) is 115 Å². The molecule has 2 heteroatoms. The number of hydrogen-bond acceptors (Lipinski definition) is 2. The van der Waals surface area contributed by atoms with Gasteiger partial charge in [0.05, 0.1) is 6.61 Å². The van der Waals surface area contributed by atoms with E-state index in [1.54, 1.807) is 0 Å². The first-order chi connectivity index (χ1) is 25.1. The van der Waals surface area contributed by atoms with Crippen LogP contribution in [0.25, 0.3) is 51.3 Å². The van der Waals surface area contributed by atoms with Gasteiger partial charge < -0.3 is 9.47 Å². The van der Waals surface area contributed by atoms with E-state index in [9.17, 15) is 0 Å². The Labute approximate surface area is 308 Å². The molecule has 2 aliphatic rings. The molecule has 0 saturated carbocycles. The highest BCUT2D eigenvalue weighted by Gasteiger charge is 2.38. The van der Waals surface area contributed by atoms with E-state index < -0.39 is 0 Å². The summed E-state index contributed by atoms with van der Waals surface area (Å²) in [6.07, 6.45) is 4.53. The summed E-state index contributed by atoms with van der Waals surface area (Å²) in [5, 5.41) is 0. The van der Waals surface area contributed by atoms with Gasteiger partial charge in [0.2, 0.25) is 0 Å². The maximum atomic E-state index is 6.17. The number of benzene rings is 6. The van der Waals surface area contributed by atoms with Gasteiger partial charge in [-0.2, -0.15) is 0 Å². The molecule has 2 aliphatic carbocycles. The molecule has 0 fully saturated rings. The number of rotatable bonds is 10. The van der Waals surface area contributed by atoms with Crippen molar-refractivity contribution in [2.45, 2.75) is 44.9 Å². The van der Waals surface area contributed by atoms with Crippen molar-refractivity contribution in [2.75, 3.05) is 6.61 Å². The molecule has 0 radical (unpaired) electrons. The highest BCUT2D eigenvalue weighted by molar-refractivity contribution is 5.87. The van der Waals surface area contributed by atoms with E-state index in [-0.39, 0.29) is 10.8 Å². The van der Waals surface area contributed by atoms with Crippen LogP contribution in [-0.4, -0.2) is 6.61 Å². The quantitative estimate of drug-likeness (QED) is 0.134. The molecule has 0 unspecified atom stereocenters. The third-order valence-corrected chi connectivity index (χ3v) is 11.2. The molecule has 0 aromatic heterocycles. The van der Waals surface area contributed by atoms with Crippen LogP contribution in [0, 0.1) is 0 Å².